The molecule has 0 unspecified atom stereocenters. The Morgan fingerprint density at radius 2 is 2.24 bits per heavy atom. The summed E-state index contributed by atoms with van der Waals surface area (Å²) in [5.41, 5.74) is 8.14. The van der Waals surface area contributed by atoms with Gasteiger partial charge in [-0.1, -0.05) is 11.2 Å². The Morgan fingerprint density at radius 3 is 2.88 bits per heavy atom. The summed E-state index contributed by atoms with van der Waals surface area (Å²) in [4.78, 5) is 1.02. The van der Waals surface area contributed by atoms with Crippen LogP contribution in [0.4, 0.5) is 5.88 Å². The molecule has 0 bridgehead atoms. The second-order valence-electron chi connectivity index (χ2n) is 3.36. The van der Waals surface area contributed by atoms with E-state index < -0.39 is 0 Å². The van der Waals surface area contributed by atoms with Gasteiger partial charge in [0.1, 0.15) is 5.69 Å². The van der Waals surface area contributed by atoms with E-state index in [1.807, 2.05) is 23.6 Å². The van der Waals surface area contributed by atoms with Gasteiger partial charge in [-0.05, 0) is 33.4 Å². The van der Waals surface area contributed by atoms with Crippen LogP contribution in [0.15, 0.2) is 43.5 Å². The van der Waals surface area contributed by atoms with Crippen molar-refractivity contribution in [2.45, 2.75) is 0 Å². The normalized spacial score (nSPS) is 10.9. The van der Waals surface area contributed by atoms with Gasteiger partial charge in [-0.15, -0.1) is 11.3 Å². The number of anilines is 1. The van der Waals surface area contributed by atoms with Crippen LogP contribution in [0, 0.1) is 0 Å². The highest BCUT2D eigenvalue weighted by molar-refractivity contribution is 9.10. The zero-order valence-corrected chi connectivity index (χ0v) is 10.9. The minimum Gasteiger partial charge on any atom is -0.457 e. The van der Waals surface area contributed by atoms with Crippen LogP contribution in [0.3, 0.4) is 0 Å². The third-order valence-electron chi connectivity index (χ3n) is 2.36. The van der Waals surface area contributed by atoms with E-state index in [4.69, 9.17) is 14.7 Å². The second kappa shape index (κ2) is 4.05. The van der Waals surface area contributed by atoms with Crippen LogP contribution in [0.25, 0.3) is 21.7 Å². The molecule has 0 spiro atoms. The van der Waals surface area contributed by atoms with Gasteiger partial charge in [0.2, 0.25) is 5.88 Å². The van der Waals surface area contributed by atoms with Crippen molar-refractivity contribution in [2.75, 3.05) is 5.73 Å². The molecule has 86 valence electrons. The first-order valence-corrected chi connectivity index (χ1v) is 6.47. The summed E-state index contributed by atoms with van der Waals surface area (Å²) < 4.78 is 10.9. The van der Waals surface area contributed by atoms with Gasteiger partial charge in [0.15, 0.2) is 4.67 Å². The number of furan rings is 1. The first-order chi connectivity index (χ1) is 8.27. The third kappa shape index (κ3) is 1.69. The van der Waals surface area contributed by atoms with E-state index in [0.717, 1.165) is 16.0 Å². The Kier molecular flexibility index (Phi) is 2.53. The van der Waals surface area contributed by atoms with E-state index in [-0.39, 0.29) is 0 Å². The van der Waals surface area contributed by atoms with E-state index in [0.29, 0.717) is 16.2 Å². The predicted octanol–water partition coefficient (Wildman–Crippen LogP) is 4.01. The summed E-state index contributed by atoms with van der Waals surface area (Å²) in [6.45, 7) is 0. The van der Waals surface area contributed by atoms with Gasteiger partial charge >= 0.3 is 0 Å². The van der Waals surface area contributed by atoms with E-state index in [1.165, 1.54) is 0 Å². The molecule has 3 rings (SSSR count). The minimum atomic E-state index is 0.315. The Hall–Kier alpha value is -1.53. The van der Waals surface area contributed by atoms with Crippen molar-refractivity contribution in [2.24, 2.45) is 0 Å². The second-order valence-corrected chi connectivity index (χ2v) is 5.02. The number of hydrogen-bond donors (Lipinski definition) is 1. The molecule has 0 aliphatic carbocycles. The molecule has 0 aromatic carbocycles. The molecule has 0 aliphatic rings. The Bertz CT molecular complexity index is 642. The Labute approximate surface area is 109 Å². The van der Waals surface area contributed by atoms with Gasteiger partial charge in [-0.2, -0.15) is 0 Å². The molecular weight excluding hydrogens is 304 g/mol. The molecule has 0 saturated carbocycles. The van der Waals surface area contributed by atoms with Crippen LogP contribution < -0.4 is 5.73 Å². The summed E-state index contributed by atoms with van der Waals surface area (Å²) >= 11 is 4.91. The fraction of sp³-hybridized carbons (Fsp3) is 0. The lowest BCUT2D eigenvalue weighted by molar-refractivity contribution is 0.439. The average molecular weight is 311 g/mol. The molecule has 0 fully saturated rings. The molecule has 3 heterocycles. The smallest absolute Gasteiger partial charge is 0.231 e. The molecule has 0 aliphatic heterocycles. The maximum absolute atomic E-state index is 5.82. The molecule has 2 N–H and O–H groups in total. The third-order valence-corrected chi connectivity index (χ3v) is 3.86. The maximum atomic E-state index is 5.82. The zero-order chi connectivity index (χ0) is 11.8. The summed E-state index contributed by atoms with van der Waals surface area (Å²) in [5.74, 6) is 0.315. The van der Waals surface area contributed by atoms with Crippen LogP contribution in [-0.4, -0.2) is 5.16 Å². The van der Waals surface area contributed by atoms with Gasteiger partial charge < -0.3 is 14.7 Å². The van der Waals surface area contributed by atoms with Crippen molar-refractivity contribution in [1.82, 2.24) is 5.16 Å². The zero-order valence-electron chi connectivity index (χ0n) is 8.51. The van der Waals surface area contributed by atoms with Crippen molar-refractivity contribution in [3.63, 3.8) is 0 Å². The molecule has 3 aromatic heterocycles. The van der Waals surface area contributed by atoms with Gasteiger partial charge in [-0.3, -0.25) is 0 Å². The molecule has 4 nitrogen and oxygen atoms in total. The van der Waals surface area contributed by atoms with E-state index >= 15 is 0 Å². The number of halogens is 1. The molecule has 0 atom stereocenters. The molecule has 0 amide bonds. The minimum absolute atomic E-state index is 0.315. The first kappa shape index (κ1) is 10.6. The van der Waals surface area contributed by atoms with Gasteiger partial charge in [0.25, 0.3) is 0 Å². The quantitative estimate of drug-likeness (QED) is 0.776. The summed E-state index contributed by atoms with van der Waals surface area (Å²) in [6.07, 6.45) is 1.59. The van der Waals surface area contributed by atoms with E-state index in [1.54, 1.807) is 17.6 Å². The largest absolute Gasteiger partial charge is 0.457 e. The molecule has 3 aromatic rings. The first-order valence-electron chi connectivity index (χ1n) is 4.79. The van der Waals surface area contributed by atoms with Crippen molar-refractivity contribution in [3.05, 3.63) is 34.5 Å². The lowest BCUT2D eigenvalue weighted by Gasteiger charge is -1.97. The van der Waals surface area contributed by atoms with Crippen LogP contribution in [0.2, 0.25) is 0 Å². The van der Waals surface area contributed by atoms with E-state index in [2.05, 4.69) is 21.1 Å². The Morgan fingerprint density at radius 1 is 1.35 bits per heavy atom. The van der Waals surface area contributed by atoms with Crippen molar-refractivity contribution < 1.29 is 8.94 Å². The number of thiophene rings is 1. The summed E-state index contributed by atoms with van der Waals surface area (Å²) in [6, 6.07) is 5.75. The van der Waals surface area contributed by atoms with E-state index in [9.17, 15) is 0 Å². The number of rotatable bonds is 2. The van der Waals surface area contributed by atoms with Crippen molar-refractivity contribution in [3.8, 4) is 21.7 Å². The number of nitrogen functional groups attached to an aromatic ring is 1. The molecule has 0 saturated heterocycles. The molecule has 6 heteroatoms. The predicted molar refractivity (Wildman–Crippen MR) is 69.6 cm³/mol. The van der Waals surface area contributed by atoms with Crippen molar-refractivity contribution in [1.29, 1.82) is 0 Å². The lowest BCUT2D eigenvalue weighted by Crippen LogP contribution is -1.84. The van der Waals surface area contributed by atoms with Crippen LogP contribution in [-0.2, 0) is 0 Å². The Balaban J connectivity index is 2.23. The highest BCUT2D eigenvalue weighted by atomic mass is 79.9. The van der Waals surface area contributed by atoms with Gasteiger partial charge in [0.05, 0.1) is 17.4 Å². The molecular formula is C11H7BrN2O2S. The lowest BCUT2D eigenvalue weighted by atomic mass is 10.1. The number of aromatic nitrogens is 1. The standard InChI is InChI=1S/C11H7BrN2O2S/c12-10-6(3-4-15-10)9-8(11(13)16-14-9)7-2-1-5-17-7/h1-5H,13H2. The van der Waals surface area contributed by atoms with Crippen LogP contribution >= 0.6 is 27.3 Å². The maximum Gasteiger partial charge on any atom is 0.231 e. The molecule has 17 heavy (non-hydrogen) atoms. The fourth-order valence-electron chi connectivity index (χ4n) is 1.61. The number of nitrogens with two attached hydrogens (primary N) is 1. The van der Waals surface area contributed by atoms with Crippen molar-refractivity contribution >= 4 is 33.2 Å². The van der Waals surface area contributed by atoms with Gasteiger partial charge in [-0.25, -0.2) is 0 Å². The average Bonchev–Trinajstić information content (AvgIpc) is 2.98. The number of hydrogen-bond acceptors (Lipinski definition) is 5. The molecule has 0 radical (unpaired) electrons. The summed E-state index contributed by atoms with van der Waals surface area (Å²) in [7, 11) is 0. The monoisotopic (exact) mass is 310 g/mol. The van der Waals surface area contributed by atoms with Crippen LogP contribution in [0.5, 0.6) is 0 Å². The summed E-state index contributed by atoms with van der Waals surface area (Å²) in [5, 5.41) is 5.97. The van der Waals surface area contributed by atoms with Crippen LogP contribution in [0.1, 0.15) is 0 Å². The van der Waals surface area contributed by atoms with Gasteiger partial charge in [0, 0.05) is 4.88 Å². The highest BCUT2D eigenvalue weighted by Crippen LogP contribution is 2.40. The highest BCUT2D eigenvalue weighted by Gasteiger charge is 2.21. The number of nitrogens with zero attached hydrogens (tertiary/aromatic N) is 1. The topological polar surface area (TPSA) is 65.2 Å². The SMILES string of the molecule is Nc1onc(-c2ccoc2Br)c1-c1cccs1. The fourth-order valence-corrected chi connectivity index (χ4v) is 2.81.